The lowest BCUT2D eigenvalue weighted by atomic mass is 10.2. The van der Waals surface area contributed by atoms with Crippen LogP contribution in [0.25, 0.3) is 0 Å². The predicted molar refractivity (Wildman–Crippen MR) is 130 cm³/mol. The minimum atomic E-state index is -0.597. The Morgan fingerprint density at radius 2 is 1.91 bits per heavy atom. The van der Waals surface area contributed by atoms with Crippen molar-refractivity contribution in [3.63, 3.8) is 0 Å². The van der Waals surface area contributed by atoms with Gasteiger partial charge in [-0.1, -0.05) is 30.4 Å². The van der Waals surface area contributed by atoms with Crippen molar-refractivity contribution in [1.82, 2.24) is 10.2 Å². The second-order valence-corrected chi connectivity index (χ2v) is 8.72. The Morgan fingerprint density at radius 3 is 2.34 bits per heavy atom. The number of carbonyl (C=O) groups is 2. The third-order valence-electron chi connectivity index (χ3n) is 4.76. The molecule has 1 atom stereocenters. The largest absolute Gasteiger partial charge is 0.358 e. The first-order valence-electron chi connectivity index (χ1n) is 11.0. The number of terminal acetylenes is 1. The van der Waals surface area contributed by atoms with Crippen molar-refractivity contribution < 1.29 is 19.1 Å². The van der Waals surface area contributed by atoms with Crippen LogP contribution in [0.5, 0.6) is 0 Å². The maximum Gasteiger partial charge on any atom is 0.254 e. The summed E-state index contributed by atoms with van der Waals surface area (Å²) in [7, 11) is 0. The van der Waals surface area contributed by atoms with Gasteiger partial charge in [-0.05, 0) is 57.4 Å². The monoisotopic (exact) mass is 460 g/mol. The summed E-state index contributed by atoms with van der Waals surface area (Å²) in [5.74, 6) is -0.506. The normalized spacial score (nSPS) is 20.0. The molecule has 0 saturated carbocycles. The maximum atomic E-state index is 11.9. The van der Waals surface area contributed by atoms with Crippen molar-refractivity contribution in [3.8, 4) is 12.8 Å². The highest BCUT2D eigenvalue weighted by Crippen LogP contribution is 2.24. The summed E-state index contributed by atoms with van der Waals surface area (Å²) >= 11 is 1.72. The van der Waals surface area contributed by atoms with Gasteiger partial charge < -0.3 is 19.7 Å². The first-order valence-corrected chi connectivity index (χ1v) is 11.8. The number of thiophene rings is 1. The molecular formula is C25H36N2O4S. The molecule has 1 aliphatic carbocycles. The predicted octanol–water partition coefficient (Wildman–Crippen LogP) is 3.94. The van der Waals surface area contributed by atoms with E-state index in [1.165, 1.54) is 17.7 Å². The highest BCUT2D eigenvalue weighted by Gasteiger charge is 2.39. The van der Waals surface area contributed by atoms with Crippen LogP contribution in [0, 0.1) is 12.8 Å². The fraction of sp³-hybridized carbons (Fsp3) is 0.520. The SMILES string of the molecule is C#C.C1=CCCC=C1.CC1(C)OC[C@H](C(=O)N2CCCC2)O1.O=CNCCc1cccs1. The Labute approximate surface area is 196 Å². The number of allylic oxidation sites excluding steroid dienone is 4. The number of nitrogens with zero attached hydrogens (tertiary/aromatic N) is 1. The fourth-order valence-electron chi connectivity index (χ4n) is 3.20. The van der Waals surface area contributed by atoms with Gasteiger partial charge in [0.15, 0.2) is 11.9 Å². The molecule has 3 aliphatic rings. The molecule has 6 nitrogen and oxygen atoms in total. The smallest absolute Gasteiger partial charge is 0.254 e. The van der Waals surface area contributed by atoms with Crippen molar-refractivity contribution in [3.05, 3.63) is 46.7 Å². The van der Waals surface area contributed by atoms with Crippen LogP contribution in [-0.4, -0.2) is 55.3 Å². The lowest BCUT2D eigenvalue weighted by Gasteiger charge is -2.20. The Morgan fingerprint density at radius 1 is 1.25 bits per heavy atom. The number of ether oxygens (including phenoxy) is 2. The van der Waals surface area contributed by atoms with Gasteiger partial charge in [0.2, 0.25) is 6.41 Å². The van der Waals surface area contributed by atoms with Gasteiger partial charge in [-0.25, -0.2) is 0 Å². The molecule has 0 bridgehead atoms. The average molecular weight is 461 g/mol. The Bertz CT molecular complexity index is 708. The molecule has 4 rings (SSSR count). The van der Waals surface area contributed by atoms with Crippen molar-refractivity contribution in [2.24, 2.45) is 0 Å². The molecule has 2 saturated heterocycles. The van der Waals surface area contributed by atoms with Gasteiger partial charge >= 0.3 is 0 Å². The summed E-state index contributed by atoms with van der Waals surface area (Å²) < 4.78 is 10.9. The Balaban J connectivity index is 0.000000248. The standard InChI is InChI=1S/C10H17NO3.C7H9NOS.C6H8.C2H2/c1-10(2)13-7-8(14-10)9(12)11-5-3-4-6-11;9-6-8-4-3-7-2-1-5-10-7;1-2-4-6-5-3-1;1-2/h8H,3-7H2,1-2H3;1-2,5-6H,3-4H2,(H,8,9);1-4H,5-6H2;1-2H/t8-;;;/m1.../s1. The zero-order valence-electron chi connectivity index (χ0n) is 19.2. The van der Waals surface area contributed by atoms with Crippen LogP contribution in [0.3, 0.4) is 0 Å². The summed E-state index contributed by atoms with van der Waals surface area (Å²) in [5, 5.41) is 4.65. The first-order chi connectivity index (χ1) is 15.5. The number of nitrogens with one attached hydrogen (secondary N) is 1. The van der Waals surface area contributed by atoms with E-state index < -0.39 is 5.79 Å². The van der Waals surface area contributed by atoms with Crippen LogP contribution in [0.2, 0.25) is 0 Å². The van der Waals surface area contributed by atoms with E-state index in [0.29, 0.717) is 6.61 Å². The molecule has 32 heavy (non-hydrogen) atoms. The number of likely N-dealkylation sites (tertiary alicyclic amines) is 1. The molecule has 0 radical (unpaired) electrons. The molecule has 2 fully saturated rings. The van der Waals surface area contributed by atoms with E-state index >= 15 is 0 Å². The summed E-state index contributed by atoms with van der Waals surface area (Å²) in [6.45, 7) is 6.55. The van der Waals surface area contributed by atoms with Crippen LogP contribution in [-0.2, 0) is 25.5 Å². The Kier molecular flexibility index (Phi) is 14.0. The number of hydrogen-bond acceptors (Lipinski definition) is 5. The molecule has 1 aromatic heterocycles. The van der Waals surface area contributed by atoms with E-state index in [2.05, 4.69) is 48.5 Å². The average Bonchev–Trinajstić information content (AvgIpc) is 3.60. The zero-order chi connectivity index (χ0) is 23.7. The second kappa shape index (κ2) is 16.3. The topological polar surface area (TPSA) is 67.9 Å². The second-order valence-electron chi connectivity index (χ2n) is 7.68. The van der Waals surface area contributed by atoms with E-state index in [0.717, 1.165) is 45.3 Å². The van der Waals surface area contributed by atoms with Gasteiger partial charge in [-0.15, -0.1) is 24.2 Å². The minimum absolute atomic E-state index is 0.0908. The van der Waals surface area contributed by atoms with Crippen LogP contribution in [0.1, 0.15) is 44.4 Å². The number of amides is 2. The molecule has 0 unspecified atom stereocenters. The van der Waals surface area contributed by atoms with Crippen LogP contribution in [0.15, 0.2) is 41.8 Å². The van der Waals surface area contributed by atoms with Gasteiger partial charge in [0.1, 0.15) is 0 Å². The molecule has 1 aromatic rings. The van der Waals surface area contributed by atoms with Gasteiger partial charge in [0.25, 0.3) is 5.91 Å². The zero-order valence-corrected chi connectivity index (χ0v) is 20.0. The van der Waals surface area contributed by atoms with E-state index in [1.54, 1.807) is 11.3 Å². The number of hydrogen-bond donors (Lipinski definition) is 1. The molecule has 2 amide bonds. The van der Waals surface area contributed by atoms with Crippen LogP contribution >= 0.6 is 11.3 Å². The lowest BCUT2D eigenvalue weighted by molar-refractivity contribution is -0.159. The lowest BCUT2D eigenvalue weighted by Crippen LogP contribution is -2.39. The fourth-order valence-corrected chi connectivity index (χ4v) is 3.91. The third kappa shape index (κ3) is 11.3. The molecule has 0 spiro atoms. The van der Waals surface area contributed by atoms with Gasteiger partial charge in [-0.3, -0.25) is 9.59 Å². The molecule has 3 heterocycles. The van der Waals surface area contributed by atoms with Crippen LogP contribution in [0.4, 0.5) is 0 Å². The summed E-state index contributed by atoms with van der Waals surface area (Å²) in [4.78, 5) is 24.9. The first kappa shape index (κ1) is 27.6. The van der Waals surface area contributed by atoms with E-state index in [9.17, 15) is 9.59 Å². The Hall–Kier alpha value is -2.40. The van der Waals surface area contributed by atoms with Crippen LogP contribution < -0.4 is 5.32 Å². The number of rotatable bonds is 5. The highest BCUT2D eigenvalue weighted by molar-refractivity contribution is 7.09. The van der Waals surface area contributed by atoms with E-state index in [1.807, 2.05) is 30.2 Å². The van der Waals surface area contributed by atoms with Crippen molar-refractivity contribution in [2.45, 2.75) is 57.8 Å². The minimum Gasteiger partial charge on any atom is -0.358 e. The molecular weight excluding hydrogens is 424 g/mol. The van der Waals surface area contributed by atoms with Crippen molar-refractivity contribution in [2.75, 3.05) is 26.2 Å². The van der Waals surface area contributed by atoms with E-state index in [-0.39, 0.29) is 12.0 Å². The highest BCUT2D eigenvalue weighted by atomic mass is 32.1. The van der Waals surface area contributed by atoms with Gasteiger partial charge in [0, 0.05) is 24.5 Å². The molecule has 0 aromatic carbocycles. The summed E-state index contributed by atoms with van der Waals surface area (Å²) in [5.41, 5.74) is 0. The maximum absolute atomic E-state index is 11.9. The summed E-state index contributed by atoms with van der Waals surface area (Å²) in [6.07, 6.45) is 22.5. The molecule has 2 aliphatic heterocycles. The van der Waals surface area contributed by atoms with Gasteiger partial charge in [0.05, 0.1) is 6.61 Å². The molecule has 176 valence electrons. The molecule has 7 heteroatoms. The van der Waals surface area contributed by atoms with Crippen molar-refractivity contribution in [1.29, 1.82) is 0 Å². The third-order valence-corrected chi connectivity index (χ3v) is 5.70. The van der Waals surface area contributed by atoms with E-state index in [4.69, 9.17) is 9.47 Å². The molecule has 1 N–H and O–H groups in total. The number of carbonyl (C=O) groups excluding carboxylic acids is 2. The van der Waals surface area contributed by atoms with Gasteiger partial charge in [-0.2, -0.15) is 0 Å². The van der Waals surface area contributed by atoms with Crippen molar-refractivity contribution >= 4 is 23.7 Å². The summed E-state index contributed by atoms with van der Waals surface area (Å²) in [6, 6.07) is 4.08. The quantitative estimate of drug-likeness (QED) is 0.411.